The van der Waals surface area contributed by atoms with Gasteiger partial charge >= 0.3 is 0 Å². The van der Waals surface area contributed by atoms with Crippen LogP contribution in [-0.2, 0) is 16.1 Å². The summed E-state index contributed by atoms with van der Waals surface area (Å²) in [6.07, 6.45) is 0. The Kier molecular flexibility index (Phi) is 5.66. The molecular formula is C19H27N3O4. The summed E-state index contributed by atoms with van der Waals surface area (Å²) in [4.78, 5) is 29.7. The molecule has 0 radical (unpaired) electrons. The van der Waals surface area contributed by atoms with Gasteiger partial charge in [-0.2, -0.15) is 0 Å². The first-order chi connectivity index (χ1) is 12.5. The lowest BCUT2D eigenvalue weighted by Gasteiger charge is -2.37. The van der Waals surface area contributed by atoms with Crippen LogP contribution in [0.15, 0.2) is 18.2 Å². The molecule has 0 spiro atoms. The van der Waals surface area contributed by atoms with E-state index < -0.39 is 6.04 Å². The van der Waals surface area contributed by atoms with E-state index in [4.69, 9.17) is 9.47 Å². The first kappa shape index (κ1) is 18.5. The number of carbonyl (C=O) groups excluding carboxylic acids is 2. The van der Waals surface area contributed by atoms with Crippen molar-refractivity contribution < 1.29 is 19.1 Å². The maximum absolute atomic E-state index is 12.6. The molecule has 7 heteroatoms. The Morgan fingerprint density at radius 2 is 1.77 bits per heavy atom. The van der Waals surface area contributed by atoms with Gasteiger partial charge in [0, 0.05) is 46.7 Å². The number of carbonyl (C=O) groups is 2. The van der Waals surface area contributed by atoms with Crippen molar-refractivity contribution in [2.24, 2.45) is 0 Å². The second kappa shape index (κ2) is 7.95. The lowest BCUT2D eigenvalue weighted by atomic mass is 10.1. The van der Waals surface area contributed by atoms with E-state index in [0.29, 0.717) is 26.3 Å². The van der Waals surface area contributed by atoms with Crippen molar-refractivity contribution in [3.8, 4) is 11.5 Å². The van der Waals surface area contributed by atoms with Crippen molar-refractivity contribution in [2.75, 3.05) is 46.4 Å². The molecule has 1 aromatic carbocycles. The van der Waals surface area contributed by atoms with Gasteiger partial charge in [-0.1, -0.05) is 6.07 Å². The van der Waals surface area contributed by atoms with Gasteiger partial charge in [-0.15, -0.1) is 0 Å². The molecule has 1 fully saturated rings. The van der Waals surface area contributed by atoms with E-state index in [2.05, 4.69) is 11.0 Å². The minimum absolute atomic E-state index is 0.0154. The Morgan fingerprint density at radius 3 is 2.42 bits per heavy atom. The van der Waals surface area contributed by atoms with Crippen molar-refractivity contribution in [3.63, 3.8) is 0 Å². The highest BCUT2D eigenvalue weighted by Crippen LogP contribution is 2.31. The smallest absolute Gasteiger partial charge is 0.245 e. The van der Waals surface area contributed by atoms with Gasteiger partial charge in [0.15, 0.2) is 11.5 Å². The van der Waals surface area contributed by atoms with Gasteiger partial charge in [-0.3, -0.25) is 14.5 Å². The number of hydrogen-bond donors (Lipinski definition) is 0. The van der Waals surface area contributed by atoms with E-state index in [1.807, 2.05) is 17.0 Å². The Bertz CT molecular complexity index is 671. The summed E-state index contributed by atoms with van der Waals surface area (Å²) in [5.74, 6) is 1.53. The summed E-state index contributed by atoms with van der Waals surface area (Å²) in [6, 6.07) is 5.64. The number of benzene rings is 1. The summed E-state index contributed by atoms with van der Waals surface area (Å²) in [5.41, 5.74) is 1.18. The Hall–Kier alpha value is -2.28. The molecule has 2 amide bonds. The predicted molar refractivity (Wildman–Crippen MR) is 97.2 cm³/mol. The van der Waals surface area contributed by atoms with E-state index in [1.54, 1.807) is 14.0 Å². The zero-order valence-corrected chi connectivity index (χ0v) is 15.7. The standard InChI is InChI=1S/C19H27N3O4/c1-14(20(3)15(2)23)19(24)22-8-6-21(7-9-22)13-16-4-5-17-18(12-16)26-11-10-25-17/h4-5,12,14H,6-11,13H2,1-3H3. The summed E-state index contributed by atoms with van der Waals surface area (Å²) >= 11 is 0. The zero-order chi connectivity index (χ0) is 18.7. The van der Waals surface area contributed by atoms with Gasteiger partial charge < -0.3 is 19.3 Å². The SMILES string of the molecule is CC(=O)N(C)C(C)C(=O)N1CCN(Cc2ccc3c(c2)OCCO3)CC1. The molecule has 1 aromatic rings. The number of amides is 2. The van der Waals surface area contributed by atoms with Gasteiger partial charge in [-0.05, 0) is 24.6 Å². The summed E-state index contributed by atoms with van der Waals surface area (Å²) in [6.45, 7) is 8.26. The van der Waals surface area contributed by atoms with Crippen LogP contribution in [0.3, 0.4) is 0 Å². The maximum atomic E-state index is 12.6. The number of nitrogens with zero attached hydrogens (tertiary/aromatic N) is 3. The van der Waals surface area contributed by atoms with Crippen molar-refractivity contribution >= 4 is 11.8 Å². The van der Waals surface area contributed by atoms with E-state index in [1.165, 1.54) is 17.4 Å². The van der Waals surface area contributed by atoms with Crippen LogP contribution in [0.25, 0.3) is 0 Å². The molecule has 0 aliphatic carbocycles. The van der Waals surface area contributed by atoms with Gasteiger partial charge in [0.25, 0.3) is 0 Å². The highest BCUT2D eigenvalue weighted by atomic mass is 16.6. The summed E-state index contributed by atoms with van der Waals surface area (Å²) in [5, 5.41) is 0. The minimum Gasteiger partial charge on any atom is -0.486 e. The van der Waals surface area contributed by atoms with Crippen molar-refractivity contribution in [1.82, 2.24) is 14.7 Å². The van der Waals surface area contributed by atoms with Crippen LogP contribution in [0.4, 0.5) is 0 Å². The fourth-order valence-electron chi connectivity index (χ4n) is 3.27. The predicted octanol–water partition coefficient (Wildman–Crippen LogP) is 0.969. The highest BCUT2D eigenvalue weighted by molar-refractivity contribution is 5.86. The second-order valence-electron chi connectivity index (χ2n) is 6.89. The molecule has 0 N–H and O–H groups in total. The van der Waals surface area contributed by atoms with Crippen LogP contribution in [-0.4, -0.2) is 79.0 Å². The molecule has 0 aromatic heterocycles. The lowest BCUT2D eigenvalue weighted by Crippen LogP contribution is -2.54. The highest BCUT2D eigenvalue weighted by Gasteiger charge is 2.28. The fraction of sp³-hybridized carbons (Fsp3) is 0.579. The first-order valence-corrected chi connectivity index (χ1v) is 9.09. The van der Waals surface area contributed by atoms with Gasteiger partial charge in [0.05, 0.1) is 0 Å². The van der Waals surface area contributed by atoms with Crippen LogP contribution >= 0.6 is 0 Å². The molecule has 1 unspecified atom stereocenters. The largest absolute Gasteiger partial charge is 0.486 e. The third-order valence-electron chi connectivity index (χ3n) is 5.13. The van der Waals surface area contributed by atoms with E-state index in [9.17, 15) is 9.59 Å². The summed E-state index contributed by atoms with van der Waals surface area (Å²) in [7, 11) is 1.67. The topological polar surface area (TPSA) is 62.3 Å². The van der Waals surface area contributed by atoms with Gasteiger partial charge in [-0.25, -0.2) is 0 Å². The molecule has 3 rings (SSSR count). The average molecular weight is 361 g/mol. The second-order valence-corrected chi connectivity index (χ2v) is 6.89. The maximum Gasteiger partial charge on any atom is 0.245 e. The third kappa shape index (κ3) is 4.09. The zero-order valence-electron chi connectivity index (χ0n) is 15.7. The van der Waals surface area contributed by atoms with E-state index >= 15 is 0 Å². The molecule has 0 saturated carbocycles. The van der Waals surface area contributed by atoms with Crippen molar-refractivity contribution in [1.29, 1.82) is 0 Å². The molecular weight excluding hydrogens is 334 g/mol. The molecule has 142 valence electrons. The molecule has 2 aliphatic heterocycles. The van der Waals surface area contributed by atoms with E-state index in [0.717, 1.165) is 31.1 Å². The molecule has 2 aliphatic rings. The number of ether oxygens (including phenoxy) is 2. The molecule has 2 heterocycles. The van der Waals surface area contributed by atoms with Crippen LogP contribution in [0.1, 0.15) is 19.4 Å². The van der Waals surface area contributed by atoms with Crippen LogP contribution in [0.5, 0.6) is 11.5 Å². The Labute approximate surface area is 154 Å². The lowest BCUT2D eigenvalue weighted by molar-refractivity contribution is -0.144. The first-order valence-electron chi connectivity index (χ1n) is 9.09. The molecule has 1 atom stereocenters. The quantitative estimate of drug-likeness (QED) is 0.800. The number of fused-ring (bicyclic) bond motifs is 1. The van der Waals surface area contributed by atoms with Crippen molar-refractivity contribution in [2.45, 2.75) is 26.4 Å². The van der Waals surface area contributed by atoms with Gasteiger partial charge in [0.2, 0.25) is 11.8 Å². The van der Waals surface area contributed by atoms with Crippen molar-refractivity contribution in [3.05, 3.63) is 23.8 Å². The average Bonchev–Trinajstić information content (AvgIpc) is 2.66. The minimum atomic E-state index is -0.420. The van der Waals surface area contributed by atoms with Crippen LogP contribution < -0.4 is 9.47 Å². The van der Waals surface area contributed by atoms with Crippen LogP contribution in [0, 0.1) is 0 Å². The summed E-state index contributed by atoms with van der Waals surface area (Å²) < 4.78 is 11.2. The molecule has 1 saturated heterocycles. The van der Waals surface area contributed by atoms with Crippen LogP contribution in [0.2, 0.25) is 0 Å². The van der Waals surface area contributed by atoms with Gasteiger partial charge in [0.1, 0.15) is 19.3 Å². The molecule has 7 nitrogen and oxygen atoms in total. The molecule has 0 bridgehead atoms. The molecule has 26 heavy (non-hydrogen) atoms. The monoisotopic (exact) mass is 361 g/mol. The number of likely N-dealkylation sites (N-methyl/N-ethyl adjacent to an activating group) is 1. The van der Waals surface area contributed by atoms with E-state index in [-0.39, 0.29) is 11.8 Å². The fourth-order valence-corrected chi connectivity index (χ4v) is 3.27. The Balaban J connectivity index is 1.52. The number of piperazine rings is 1. The third-order valence-corrected chi connectivity index (χ3v) is 5.13. The number of hydrogen-bond acceptors (Lipinski definition) is 5. The Morgan fingerprint density at radius 1 is 1.12 bits per heavy atom. The normalized spacial score (nSPS) is 18.3. The number of rotatable bonds is 4.